The lowest BCUT2D eigenvalue weighted by atomic mass is 9.93. The van der Waals surface area contributed by atoms with Gasteiger partial charge in [0, 0.05) is 19.5 Å². The average molecular weight is 335 g/mol. The number of amides is 1. The molecule has 0 spiro atoms. The van der Waals surface area contributed by atoms with Crippen molar-refractivity contribution in [2.75, 3.05) is 33.3 Å². The van der Waals surface area contributed by atoms with E-state index in [0.717, 1.165) is 19.5 Å². The van der Waals surface area contributed by atoms with Gasteiger partial charge in [-0.2, -0.15) is 0 Å². The first-order chi connectivity index (χ1) is 10.0. The topological polar surface area (TPSA) is 58.6 Å². The SMILES string of the molecule is COC(=O)CCN(CC(C)C)C(=O)CCC1CCNCC1.Cl. The lowest BCUT2D eigenvalue weighted by Crippen LogP contribution is -2.36. The molecule has 130 valence electrons. The van der Waals surface area contributed by atoms with Crippen LogP contribution in [0.15, 0.2) is 0 Å². The van der Waals surface area contributed by atoms with Gasteiger partial charge in [-0.05, 0) is 44.2 Å². The number of methoxy groups -OCH3 is 1. The molecule has 0 aromatic carbocycles. The van der Waals surface area contributed by atoms with Crippen molar-refractivity contribution in [3.63, 3.8) is 0 Å². The van der Waals surface area contributed by atoms with E-state index in [4.69, 9.17) is 0 Å². The molecule has 0 radical (unpaired) electrons. The minimum Gasteiger partial charge on any atom is -0.469 e. The molecule has 0 aliphatic carbocycles. The highest BCUT2D eigenvalue weighted by Gasteiger charge is 2.19. The number of ether oxygens (including phenoxy) is 1. The Morgan fingerprint density at radius 1 is 1.23 bits per heavy atom. The third-order valence-electron chi connectivity index (χ3n) is 3.98. The molecule has 22 heavy (non-hydrogen) atoms. The summed E-state index contributed by atoms with van der Waals surface area (Å²) >= 11 is 0. The van der Waals surface area contributed by atoms with Crippen molar-refractivity contribution < 1.29 is 14.3 Å². The van der Waals surface area contributed by atoms with Gasteiger partial charge in [-0.1, -0.05) is 13.8 Å². The predicted molar refractivity (Wildman–Crippen MR) is 90.1 cm³/mol. The van der Waals surface area contributed by atoms with E-state index in [9.17, 15) is 9.59 Å². The molecule has 0 bridgehead atoms. The highest BCUT2D eigenvalue weighted by atomic mass is 35.5. The van der Waals surface area contributed by atoms with E-state index in [1.165, 1.54) is 20.0 Å². The fourth-order valence-corrected chi connectivity index (χ4v) is 2.74. The zero-order chi connectivity index (χ0) is 15.7. The number of halogens is 1. The summed E-state index contributed by atoms with van der Waals surface area (Å²) in [5, 5.41) is 3.34. The van der Waals surface area contributed by atoms with Gasteiger partial charge in [-0.3, -0.25) is 9.59 Å². The Morgan fingerprint density at radius 2 is 1.86 bits per heavy atom. The number of nitrogens with one attached hydrogen (secondary N) is 1. The van der Waals surface area contributed by atoms with Crippen LogP contribution < -0.4 is 5.32 Å². The Morgan fingerprint density at radius 3 is 2.41 bits per heavy atom. The summed E-state index contributed by atoms with van der Waals surface area (Å²) in [5.41, 5.74) is 0. The molecule has 0 atom stereocenters. The van der Waals surface area contributed by atoms with Crippen molar-refractivity contribution in [3.8, 4) is 0 Å². The van der Waals surface area contributed by atoms with Crippen molar-refractivity contribution in [2.45, 2.75) is 46.0 Å². The summed E-state index contributed by atoms with van der Waals surface area (Å²) in [6, 6.07) is 0. The number of carbonyl (C=O) groups is 2. The van der Waals surface area contributed by atoms with Crippen LogP contribution in [0.3, 0.4) is 0 Å². The second-order valence-electron chi connectivity index (χ2n) is 6.29. The first kappa shape index (κ1) is 21.2. The molecular weight excluding hydrogens is 304 g/mol. The third-order valence-corrected chi connectivity index (χ3v) is 3.98. The zero-order valence-corrected chi connectivity index (χ0v) is 14.9. The quantitative estimate of drug-likeness (QED) is 0.692. The Hall–Kier alpha value is -0.810. The molecule has 5 nitrogen and oxygen atoms in total. The minimum atomic E-state index is -0.255. The van der Waals surface area contributed by atoms with E-state index in [-0.39, 0.29) is 30.7 Å². The lowest BCUT2D eigenvalue weighted by molar-refractivity contribution is -0.142. The highest BCUT2D eigenvalue weighted by molar-refractivity contribution is 5.85. The number of nitrogens with zero attached hydrogens (tertiary/aromatic N) is 1. The maximum absolute atomic E-state index is 12.4. The number of rotatable bonds is 8. The number of hydrogen-bond donors (Lipinski definition) is 1. The molecule has 1 saturated heterocycles. The van der Waals surface area contributed by atoms with E-state index >= 15 is 0 Å². The van der Waals surface area contributed by atoms with Crippen LogP contribution in [-0.4, -0.2) is 50.1 Å². The van der Waals surface area contributed by atoms with Crippen LogP contribution in [0.5, 0.6) is 0 Å². The number of esters is 1. The number of piperidine rings is 1. The molecule has 0 aromatic rings. The molecule has 1 heterocycles. The Bertz CT molecular complexity index is 331. The fraction of sp³-hybridized carbons (Fsp3) is 0.875. The van der Waals surface area contributed by atoms with Crippen LogP contribution in [-0.2, 0) is 14.3 Å². The van der Waals surface area contributed by atoms with Gasteiger partial charge in [0.15, 0.2) is 0 Å². The van der Waals surface area contributed by atoms with Crippen LogP contribution in [0.2, 0.25) is 0 Å². The van der Waals surface area contributed by atoms with Gasteiger partial charge in [0.05, 0.1) is 13.5 Å². The highest BCUT2D eigenvalue weighted by Crippen LogP contribution is 2.18. The third kappa shape index (κ3) is 8.59. The monoisotopic (exact) mass is 334 g/mol. The van der Waals surface area contributed by atoms with Crippen LogP contribution in [0.25, 0.3) is 0 Å². The summed E-state index contributed by atoms with van der Waals surface area (Å²) < 4.78 is 4.66. The van der Waals surface area contributed by atoms with Crippen molar-refractivity contribution >= 4 is 24.3 Å². The van der Waals surface area contributed by atoms with E-state index < -0.39 is 0 Å². The molecule has 0 aromatic heterocycles. The lowest BCUT2D eigenvalue weighted by Gasteiger charge is -2.26. The second-order valence-corrected chi connectivity index (χ2v) is 6.29. The van der Waals surface area contributed by atoms with Gasteiger partial charge < -0.3 is 15.0 Å². The first-order valence-corrected chi connectivity index (χ1v) is 8.08. The van der Waals surface area contributed by atoms with Crippen LogP contribution in [0.1, 0.15) is 46.0 Å². The molecule has 1 amide bonds. The Labute approximate surface area is 140 Å². The molecule has 1 fully saturated rings. The predicted octanol–water partition coefficient (Wildman–Crippen LogP) is 2.24. The normalized spacial score (nSPS) is 15.3. The molecule has 6 heteroatoms. The van der Waals surface area contributed by atoms with Crippen LogP contribution in [0, 0.1) is 11.8 Å². The van der Waals surface area contributed by atoms with E-state index in [2.05, 4.69) is 23.9 Å². The molecule has 1 N–H and O–H groups in total. The summed E-state index contributed by atoms with van der Waals surface area (Å²) in [6.45, 7) is 7.49. The maximum Gasteiger partial charge on any atom is 0.307 e. The second kappa shape index (κ2) is 11.7. The minimum absolute atomic E-state index is 0. The van der Waals surface area contributed by atoms with Crippen molar-refractivity contribution in [1.82, 2.24) is 10.2 Å². The molecule has 1 aliphatic heterocycles. The van der Waals surface area contributed by atoms with Gasteiger partial charge in [-0.25, -0.2) is 0 Å². The molecular formula is C16H31ClN2O3. The molecule has 0 unspecified atom stereocenters. The maximum atomic E-state index is 12.4. The Balaban J connectivity index is 0.00000441. The van der Waals surface area contributed by atoms with Crippen LogP contribution in [0.4, 0.5) is 0 Å². The standard InChI is InChI=1S/C16H30N2O3.ClH/c1-13(2)12-18(11-8-16(20)21-3)15(19)5-4-14-6-9-17-10-7-14;/h13-14,17H,4-12H2,1-3H3;1H. The Kier molecular flexibility index (Phi) is 11.3. The van der Waals surface area contributed by atoms with E-state index in [0.29, 0.717) is 31.3 Å². The molecule has 1 rings (SSSR count). The summed E-state index contributed by atoms with van der Waals surface area (Å²) in [5.74, 6) is 0.989. The molecule has 1 aliphatic rings. The largest absolute Gasteiger partial charge is 0.469 e. The zero-order valence-electron chi connectivity index (χ0n) is 14.1. The van der Waals surface area contributed by atoms with Gasteiger partial charge in [0.1, 0.15) is 0 Å². The number of carbonyl (C=O) groups excluding carboxylic acids is 2. The van der Waals surface area contributed by atoms with Crippen LogP contribution >= 0.6 is 12.4 Å². The van der Waals surface area contributed by atoms with Crippen molar-refractivity contribution in [3.05, 3.63) is 0 Å². The molecule has 0 saturated carbocycles. The summed E-state index contributed by atoms with van der Waals surface area (Å²) in [6.07, 6.45) is 4.17. The number of hydrogen-bond acceptors (Lipinski definition) is 4. The van der Waals surface area contributed by atoms with Gasteiger partial charge in [0.2, 0.25) is 5.91 Å². The van der Waals surface area contributed by atoms with Gasteiger partial charge in [-0.15, -0.1) is 12.4 Å². The van der Waals surface area contributed by atoms with E-state index in [1.54, 1.807) is 0 Å². The average Bonchev–Trinajstić information content (AvgIpc) is 2.49. The van der Waals surface area contributed by atoms with Gasteiger partial charge >= 0.3 is 5.97 Å². The van der Waals surface area contributed by atoms with Crippen molar-refractivity contribution in [1.29, 1.82) is 0 Å². The van der Waals surface area contributed by atoms with Gasteiger partial charge in [0.25, 0.3) is 0 Å². The van der Waals surface area contributed by atoms with E-state index in [1.807, 2.05) is 4.90 Å². The summed E-state index contributed by atoms with van der Waals surface area (Å²) in [7, 11) is 1.38. The smallest absolute Gasteiger partial charge is 0.307 e. The first-order valence-electron chi connectivity index (χ1n) is 8.08. The van der Waals surface area contributed by atoms with Crippen molar-refractivity contribution in [2.24, 2.45) is 11.8 Å². The fourth-order valence-electron chi connectivity index (χ4n) is 2.74. The summed E-state index contributed by atoms with van der Waals surface area (Å²) in [4.78, 5) is 25.5.